The summed E-state index contributed by atoms with van der Waals surface area (Å²) >= 11 is 3.55. The number of hydrogen-bond acceptors (Lipinski definition) is 4. The Morgan fingerprint density at radius 2 is 1.94 bits per heavy atom. The Labute approximate surface area is 115 Å². The summed E-state index contributed by atoms with van der Waals surface area (Å²) in [6.07, 6.45) is 3.30. The Hall–Kier alpha value is -1.46. The zero-order valence-electron chi connectivity index (χ0n) is 10.2. The van der Waals surface area contributed by atoms with E-state index >= 15 is 0 Å². The number of nitrogens with zero attached hydrogens (tertiary/aromatic N) is 3. The van der Waals surface area contributed by atoms with Crippen molar-refractivity contribution in [3.8, 4) is 0 Å². The number of benzene rings is 1. The molecule has 2 rings (SSSR count). The van der Waals surface area contributed by atoms with E-state index in [1.54, 1.807) is 12.4 Å². The molecule has 5 heteroatoms. The molecule has 94 valence electrons. The zero-order chi connectivity index (χ0) is 13.0. The van der Waals surface area contributed by atoms with Crippen molar-refractivity contribution in [3.05, 3.63) is 52.4 Å². The maximum absolute atomic E-state index is 5.51. The minimum absolute atomic E-state index is 0.451. The summed E-state index contributed by atoms with van der Waals surface area (Å²) in [5.41, 5.74) is 7.68. The van der Waals surface area contributed by atoms with Crippen LogP contribution < -0.4 is 5.73 Å². The van der Waals surface area contributed by atoms with Crippen molar-refractivity contribution in [1.82, 2.24) is 14.9 Å². The molecule has 1 heterocycles. The van der Waals surface area contributed by atoms with Gasteiger partial charge in [-0.1, -0.05) is 34.1 Å². The van der Waals surface area contributed by atoms with Gasteiger partial charge < -0.3 is 5.73 Å². The van der Waals surface area contributed by atoms with Crippen LogP contribution >= 0.6 is 15.9 Å². The first-order valence-electron chi connectivity index (χ1n) is 5.63. The van der Waals surface area contributed by atoms with Crippen molar-refractivity contribution < 1.29 is 0 Å². The molecule has 0 saturated carbocycles. The first kappa shape index (κ1) is 13.0. The average Bonchev–Trinajstić information content (AvgIpc) is 2.35. The Morgan fingerprint density at radius 1 is 1.17 bits per heavy atom. The molecule has 2 aromatic rings. The summed E-state index contributed by atoms with van der Waals surface area (Å²) in [5.74, 6) is 0.451. The largest absolute Gasteiger partial charge is 0.382 e. The molecule has 0 saturated heterocycles. The van der Waals surface area contributed by atoms with Crippen LogP contribution in [0.15, 0.2) is 41.1 Å². The van der Waals surface area contributed by atoms with Crippen molar-refractivity contribution in [3.63, 3.8) is 0 Å². The van der Waals surface area contributed by atoms with Crippen LogP contribution in [0.1, 0.15) is 11.3 Å². The number of rotatable bonds is 4. The highest BCUT2D eigenvalue weighted by Gasteiger charge is 2.05. The molecule has 0 amide bonds. The lowest BCUT2D eigenvalue weighted by Gasteiger charge is -2.16. The molecular formula is C13H15BrN4. The summed E-state index contributed by atoms with van der Waals surface area (Å²) in [6.45, 7) is 1.60. The number of hydrogen-bond donors (Lipinski definition) is 1. The van der Waals surface area contributed by atoms with Crippen LogP contribution in [0.2, 0.25) is 0 Å². The number of nitrogens with two attached hydrogens (primary N) is 1. The number of anilines is 1. The van der Waals surface area contributed by atoms with E-state index in [0.29, 0.717) is 5.82 Å². The molecule has 0 bridgehead atoms. The van der Waals surface area contributed by atoms with Crippen LogP contribution in [-0.2, 0) is 13.1 Å². The summed E-state index contributed by atoms with van der Waals surface area (Å²) in [4.78, 5) is 10.5. The van der Waals surface area contributed by atoms with Gasteiger partial charge in [-0.15, -0.1) is 0 Å². The number of halogens is 1. The van der Waals surface area contributed by atoms with Crippen LogP contribution in [-0.4, -0.2) is 21.9 Å². The van der Waals surface area contributed by atoms with Gasteiger partial charge in [-0.3, -0.25) is 9.88 Å². The molecular weight excluding hydrogens is 292 g/mol. The fraction of sp³-hybridized carbons (Fsp3) is 0.231. The Morgan fingerprint density at radius 3 is 2.61 bits per heavy atom. The minimum Gasteiger partial charge on any atom is -0.382 e. The van der Waals surface area contributed by atoms with Crippen LogP contribution in [0.25, 0.3) is 0 Å². The quantitative estimate of drug-likeness (QED) is 0.942. The smallest absolute Gasteiger partial charge is 0.141 e. The zero-order valence-corrected chi connectivity index (χ0v) is 11.8. The van der Waals surface area contributed by atoms with Crippen LogP contribution in [0, 0.1) is 0 Å². The van der Waals surface area contributed by atoms with Gasteiger partial charge >= 0.3 is 0 Å². The fourth-order valence-electron chi connectivity index (χ4n) is 1.70. The lowest BCUT2D eigenvalue weighted by molar-refractivity contribution is 0.314. The fourth-order valence-corrected chi connectivity index (χ4v) is 2.11. The molecule has 1 aromatic carbocycles. The van der Waals surface area contributed by atoms with E-state index in [2.05, 4.69) is 43.9 Å². The van der Waals surface area contributed by atoms with Gasteiger partial charge in [-0.2, -0.15) is 0 Å². The third kappa shape index (κ3) is 3.51. The Bertz CT molecular complexity index is 513. The summed E-state index contributed by atoms with van der Waals surface area (Å²) in [7, 11) is 2.05. The van der Waals surface area contributed by atoms with Gasteiger partial charge in [0, 0.05) is 17.6 Å². The molecule has 4 nitrogen and oxygen atoms in total. The molecule has 0 aliphatic rings. The molecule has 0 aliphatic heterocycles. The number of nitrogen functional groups attached to an aromatic ring is 1. The molecule has 0 atom stereocenters. The van der Waals surface area contributed by atoms with Gasteiger partial charge in [0.25, 0.3) is 0 Å². The summed E-state index contributed by atoms with van der Waals surface area (Å²) < 4.78 is 1.13. The molecule has 0 fully saturated rings. The maximum Gasteiger partial charge on any atom is 0.141 e. The molecule has 0 radical (unpaired) electrons. The molecule has 2 N–H and O–H groups in total. The van der Waals surface area contributed by atoms with Crippen molar-refractivity contribution in [2.24, 2.45) is 0 Å². The van der Waals surface area contributed by atoms with Crippen molar-refractivity contribution in [2.75, 3.05) is 12.8 Å². The first-order chi connectivity index (χ1) is 8.65. The molecule has 1 aromatic heterocycles. The SMILES string of the molecule is CN(Cc1cnc(N)cn1)Cc1ccccc1Br. The van der Waals surface area contributed by atoms with Crippen LogP contribution in [0.3, 0.4) is 0 Å². The third-order valence-electron chi connectivity index (χ3n) is 2.56. The monoisotopic (exact) mass is 306 g/mol. The predicted octanol–water partition coefficient (Wildman–Crippen LogP) is 2.45. The Kier molecular flexibility index (Phi) is 4.28. The van der Waals surface area contributed by atoms with Crippen molar-refractivity contribution in [1.29, 1.82) is 0 Å². The van der Waals surface area contributed by atoms with Gasteiger partial charge in [0.15, 0.2) is 0 Å². The van der Waals surface area contributed by atoms with Crippen LogP contribution in [0.5, 0.6) is 0 Å². The molecule has 0 aliphatic carbocycles. The van der Waals surface area contributed by atoms with E-state index < -0.39 is 0 Å². The lowest BCUT2D eigenvalue weighted by atomic mass is 10.2. The third-order valence-corrected chi connectivity index (χ3v) is 3.33. The second-order valence-electron chi connectivity index (χ2n) is 4.20. The Balaban J connectivity index is 1.99. The van der Waals surface area contributed by atoms with Gasteiger partial charge in [-0.05, 0) is 18.7 Å². The van der Waals surface area contributed by atoms with Gasteiger partial charge in [0.1, 0.15) is 5.82 Å². The van der Waals surface area contributed by atoms with E-state index in [4.69, 9.17) is 5.73 Å². The lowest BCUT2D eigenvalue weighted by Crippen LogP contribution is -2.18. The second kappa shape index (κ2) is 5.93. The highest BCUT2D eigenvalue weighted by atomic mass is 79.9. The second-order valence-corrected chi connectivity index (χ2v) is 5.05. The van der Waals surface area contributed by atoms with Crippen molar-refractivity contribution in [2.45, 2.75) is 13.1 Å². The van der Waals surface area contributed by atoms with E-state index in [0.717, 1.165) is 23.3 Å². The predicted molar refractivity (Wildman–Crippen MR) is 75.8 cm³/mol. The van der Waals surface area contributed by atoms with Gasteiger partial charge in [0.2, 0.25) is 0 Å². The molecule has 0 spiro atoms. The van der Waals surface area contributed by atoms with Gasteiger partial charge in [0.05, 0.1) is 18.1 Å². The first-order valence-corrected chi connectivity index (χ1v) is 6.43. The average molecular weight is 307 g/mol. The minimum atomic E-state index is 0.451. The van der Waals surface area contributed by atoms with Crippen molar-refractivity contribution >= 4 is 21.7 Å². The van der Waals surface area contributed by atoms with E-state index in [-0.39, 0.29) is 0 Å². The van der Waals surface area contributed by atoms with E-state index in [1.165, 1.54) is 5.56 Å². The van der Waals surface area contributed by atoms with E-state index in [9.17, 15) is 0 Å². The standard InChI is InChI=1S/C13H15BrN4/c1-18(8-10-4-2-3-5-12(10)14)9-11-6-17-13(15)7-16-11/h2-7H,8-9H2,1H3,(H2,15,17). The highest BCUT2D eigenvalue weighted by Crippen LogP contribution is 2.17. The molecule has 18 heavy (non-hydrogen) atoms. The summed E-state index contributed by atoms with van der Waals surface area (Å²) in [5, 5.41) is 0. The highest BCUT2D eigenvalue weighted by molar-refractivity contribution is 9.10. The van der Waals surface area contributed by atoms with Crippen LogP contribution in [0.4, 0.5) is 5.82 Å². The molecule has 0 unspecified atom stereocenters. The normalized spacial score (nSPS) is 10.8. The van der Waals surface area contributed by atoms with E-state index in [1.807, 2.05) is 18.2 Å². The number of aromatic nitrogens is 2. The topological polar surface area (TPSA) is 55.0 Å². The summed E-state index contributed by atoms with van der Waals surface area (Å²) in [6, 6.07) is 8.21. The van der Waals surface area contributed by atoms with Gasteiger partial charge in [-0.25, -0.2) is 4.98 Å². The maximum atomic E-state index is 5.51.